The van der Waals surface area contributed by atoms with E-state index < -0.39 is 85.0 Å². The molecule has 11 N–H and O–H groups in total. The highest BCUT2D eigenvalue weighted by molar-refractivity contribution is 7.90. The first kappa shape index (κ1) is 120. The van der Waals surface area contributed by atoms with Crippen LogP contribution in [0.5, 0.6) is 0 Å². The monoisotopic (exact) mass is 1850 g/mol. The van der Waals surface area contributed by atoms with Crippen LogP contribution in [0.1, 0.15) is 319 Å². The maximum absolute atomic E-state index is 12.6. The number of ether oxygens (including phenoxy) is 6. The number of carbonyl (C=O) groups excluding carboxylic acids is 9. The maximum atomic E-state index is 12.6. The van der Waals surface area contributed by atoms with Gasteiger partial charge in [0.25, 0.3) is 0 Å². The number of ketones is 5. The van der Waals surface area contributed by atoms with Gasteiger partial charge < -0.3 is 44.2 Å². The van der Waals surface area contributed by atoms with Gasteiger partial charge in [0.2, 0.25) is 51.9 Å². The molecular formula is C87H151F3N6O24S4. The van der Waals surface area contributed by atoms with Crippen molar-refractivity contribution in [2.45, 2.75) is 377 Å². The molecule has 30 nitrogen and oxygen atoms in total. The first-order valence-electron chi connectivity index (χ1n) is 41.9. The summed E-state index contributed by atoms with van der Waals surface area (Å²) in [5.74, 6) is -1.11. The summed E-state index contributed by atoms with van der Waals surface area (Å²) < 4.78 is 159. The molecule has 1 spiro atoms. The topological polar surface area (TPSA) is 494 Å². The van der Waals surface area contributed by atoms with E-state index in [0.717, 1.165) is 51.0 Å². The largest absolute Gasteiger partial charge is 0.462 e. The van der Waals surface area contributed by atoms with Crippen LogP contribution in [0, 0.1) is 33.5 Å². The van der Waals surface area contributed by atoms with E-state index in [0.29, 0.717) is 95.1 Å². The van der Waals surface area contributed by atoms with E-state index in [-0.39, 0.29) is 170 Å². The van der Waals surface area contributed by atoms with Crippen LogP contribution in [-0.4, -0.2) is 170 Å². The molecule has 4 aliphatic carbocycles. The Kier molecular flexibility index (Phi) is 50.8. The first-order chi connectivity index (χ1) is 55.6. The molecule has 2 aromatic carbocycles. The predicted molar refractivity (Wildman–Crippen MR) is 473 cm³/mol. The van der Waals surface area contributed by atoms with Crippen LogP contribution >= 0.6 is 0 Å². The molecule has 124 heavy (non-hydrogen) atoms. The number of aliphatic hydroxyl groups is 1. The Hall–Kier alpha value is -6.10. The molecule has 2 aliphatic heterocycles. The van der Waals surface area contributed by atoms with E-state index in [2.05, 4.69) is 10.6 Å². The van der Waals surface area contributed by atoms with E-state index in [4.69, 9.17) is 49.0 Å². The second-order valence-corrected chi connectivity index (χ2v) is 42.7. The molecule has 0 aromatic heterocycles. The van der Waals surface area contributed by atoms with Gasteiger partial charge in [0.05, 0.1) is 63.8 Å². The zero-order valence-electron chi connectivity index (χ0n) is 75.6. The number of hydrogen-bond acceptors (Lipinski definition) is 24. The molecule has 6 fully saturated rings. The van der Waals surface area contributed by atoms with E-state index in [1.807, 2.05) is 118 Å². The second-order valence-electron chi connectivity index (χ2n) is 35.7. The van der Waals surface area contributed by atoms with Crippen molar-refractivity contribution in [3.8, 4) is 0 Å². The molecule has 2 amide bonds. The second kappa shape index (κ2) is 52.5. The minimum atomic E-state index is -4.66. The highest BCUT2D eigenvalue weighted by atomic mass is 32.2. The third-order valence-corrected chi connectivity index (χ3v) is 27.2. The number of benzene rings is 2. The quantitative estimate of drug-likeness (QED) is 0.0291. The van der Waals surface area contributed by atoms with Crippen LogP contribution in [-0.2, 0) is 117 Å². The van der Waals surface area contributed by atoms with Gasteiger partial charge in [0.1, 0.15) is 48.6 Å². The van der Waals surface area contributed by atoms with Crippen LogP contribution in [0.4, 0.5) is 18.9 Å². The molecule has 0 bridgehead atoms. The SMILES string of the molecule is C.C.CC1(C)CC(=O)CC(=O)C1.CC1C(=O)CC(=O)C1C.CC1CC(C)OC(CCCCS(N)(=O)=O)O1.CC1CC(C)OC2(CCC(S(N)(=O)=O)CC2)O1.CCC(C)(C)C(=O)NC1CCC(S(N)(=O)=O)CC1.CCC(C)(C)C(=O)Nc1ccc(S(N)(=O)=O)cc1.CCC(C)(C)C(=O)OCCOC(=O)CC(C)=O.CCC(C)c1ccc(C(C)(O)C(F)(F)F)cc1. The molecule has 2 saturated heterocycles. The molecule has 4 saturated carbocycles. The maximum Gasteiger partial charge on any atom is 0.421 e. The number of Topliss-reactive ketones (excluding diaryl/α,β-unsaturated/α-hetero) is 5. The number of hydrogen-bond donors (Lipinski definition) is 7. The van der Waals surface area contributed by atoms with Crippen molar-refractivity contribution in [3.63, 3.8) is 0 Å². The molecular weight excluding hydrogens is 1700 g/mol. The average Bonchev–Trinajstić information content (AvgIpc) is 0.970. The van der Waals surface area contributed by atoms with E-state index in [1.165, 1.54) is 43.3 Å². The zero-order chi connectivity index (χ0) is 94.3. The Balaban J connectivity index is 0. The number of carbonyl (C=O) groups is 9. The number of sulfonamides is 4. The summed E-state index contributed by atoms with van der Waals surface area (Å²) >= 11 is 0. The number of nitrogens with two attached hydrogens (primary N) is 4. The number of esters is 2. The summed E-state index contributed by atoms with van der Waals surface area (Å²) in [4.78, 5) is 100. The molecule has 718 valence electrons. The molecule has 8 atom stereocenters. The minimum Gasteiger partial charge on any atom is -0.462 e. The number of unbranched alkanes of at least 4 members (excludes halogenated alkanes) is 1. The number of primary sulfonamides is 4. The fourth-order valence-electron chi connectivity index (χ4n) is 13.0. The van der Waals surface area contributed by atoms with Gasteiger partial charge in [-0.2, -0.15) is 13.2 Å². The Morgan fingerprint density at radius 2 is 1.02 bits per heavy atom. The molecule has 37 heteroatoms. The van der Waals surface area contributed by atoms with Gasteiger partial charge in [-0.05, 0) is 198 Å². The molecule has 8 rings (SSSR count). The van der Waals surface area contributed by atoms with Crippen molar-refractivity contribution in [1.29, 1.82) is 0 Å². The zero-order valence-corrected chi connectivity index (χ0v) is 78.8. The fourth-order valence-corrected chi connectivity index (χ4v) is 16.0. The van der Waals surface area contributed by atoms with Crippen LogP contribution in [0.3, 0.4) is 0 Å². The highest BCUT2D eigenvalue weighted by Gasteiger charge is 2.51. The first-order valence-corrected chi connectivity index (χ1v) is 48.4. The standard InChI is InChI=1S/C13H17F3O.C12H24N2O3S.C12H18N2O3S.C12H20O5.C11H21NO4S.C10H21NO4S.C8H12O2.C7H10O2.2CH4/c1-4-9(2)10-5-7-11(8-6-10)12(3,17)13(14,15)16;2*1-4-12(2,3)11(15)14-9-5-7-10(8-6-9)18(13,16)17;1-5-12(3,4)11(15)17-7-6-16-10(14)8-9(2)13;1-8-7-9(2)16-11(15-8)5-3-10(4-6-11)17(12,13)14;1-8-7-9(2)15-10(14-8)5-3-4-6-16(11,12)13;1-8(2)4-6(9)3-7(10)5-8;1-4-5(2)7(9)3-6(4)8;;/h5-9,17H,4H2,1-3H3;9-10H,4-8H2,1-3H3,(H,14,15)(H2,13,16,17);5-8H,4H2,1-3H3,(H,14,15)(H2,13,16,17);5-8H2,1-4H3;8-10H,3-7H2,1-2H3,(H2,12,13,14);8-10H,3-7H2,1-2H3,(H2,11,12,13);3-5H2,1-2H3;4-5H,3H2,1-2H3;2*1H4. The number of anilines is 1. The summed E-state index contributed by atoms with van der Waals surface area (Å²) in [6.07, 6.45) is 8.82. The van der Waals surface area contributed by atoms with Gasteiger partial charge in [0, 0.05) is 60.1 Å². The van der Waals surface area contributed by atoms with Crippen molar-refractivity contribution < 1.29 is 124 Å². The lowest BCUT2D eigenvalue weighted by Gasteiger charge is -2.46. The van der Waals surface area contributed by atoms with Gasteiger partial charge in [-0.3, -0.25) is 43.2 Å². The minimum absolute atomic E-state index is 0. The fraction of sp³-hybridized carbons (Fsp3) is 0.759. The van der Waals surface area contributed by atoms with E-state index in [9.17, 15) is 95.1 Å². The normalized spacial score (nSPS) is 24.1. The van der Waals surface area contributed by atoms with Gasteiger partial charge in [-0.15, -0.1) is 0 Å². The smallest absolute Gasteiger partial charge is 0.421 e. The van der Waals surface area contributed by atoms with E-state index >= 15 is 0 Å². The van der Waals surface area contributed by atoms with Gasteiger partial charge in [-0.1, -0.05) is 129 Å². The number of nitrogens with one attached hydrogen (secondary N) is 2. The highest BCUT2D eigenvalue weighted by Crippen LogP contribution is 2.42. The van der Waals surface area contributed by atoms with Crippen LogP contribution in [0.25, 0.3) is 0 Å². The van der Waals surface area contributed by atoms with Gasteiger partial charge in [0.15, 0.2) is 17.7 Å². The molecule has 0 radical (unpaired) electrons. The van der Waals surface area contributed by atoms with Crippen molar-refractivity contribution in [2.24, 2.45) is 54.1 Å². The summed E-state index contributed by atoms with van der Waals surface area (Å²) in [5.41, 5.74) is -2.81. The molecule has 8 unspecified atom stereocenters. The Labute approximate surface area is 738 Å². The van der Waals surface area contributed by atoms with Crippen LogP contribution in [0.2, 0.25) is 0 Å². The van der Waals surface area contributed by atoms with Crippen LogP contribution < -0.4 is 31.2 Å². The summed E-state index contributed by atoms with van der Waals surface area (Å²) in [6.45, 7) is 38.7. The lowest BCUT2D eigenvalue weighted by atomic mass is 9.76. The number of halogens is 3. The van der Waals surface area contributed by atoms with Crippen molar-refractivity contribution in [2.75, 3.05) is 24.3 Å². The molecule has 2 heterocycles. The summed E-state index contributed by atoms with van der Waals surface area (Å²) in [7, 11) is -13.9. The lowest BCUT2D eigenvalue weighted by Crippen LogP contribution is -2.51. The lowest BCUT2D eigenvalue weighted by molar-refractivity contribution is -0.322. The number of amides is 2. The Bertz CT molecular complexity index is 4130. The Morgan fingerprint density at radius 3 is 1.40 bits per heavy atom. The molecule has 2 aromatic rings. The number of rotatable bonds is 24. The average molecular weight is 1850 g/mol. The third kappa shape index (κ3) is 44.8. The van der Waals surface area contributed by atoms with E-state index in [1.54, 1.807) is 26.0 Å². The molecule has 6 aliphatic rings. The predicted octanol–water partition coefficient (Wildman–Crippen LogP) is 13.8. The number of alkyl halides is 3. The van der Waals surface area contributed by atoms with Crippen molar-refractivity contribution in [1.82, 2.24) is 5.32 Å². The third-order valence-electron chi connectivity index (χ3n) is 22.6. The van der Waals surface area contributed by atoms with Crippen molar-refractivity contribution >= 4 is 98.4 Å². The van der Waals surface area contributed by atoms with Gasteiger partial charge in [-0.25, -0.2) is 54.2 Å². The van der Waals surface area contributed by atoms with Gasteiger partial charge >= 0.3 is 18.1 Å². The Morgan fingerprint density at radius 1 is 0.589 bits per heavy atom. The van der Waals surface area contributed by atoms with Crippen molar-refractivity contribution in [3.05, 3.63) is 59.7 Å². The summed E-state index contributed by atoms with van der Waals surface area (Å²) in [6, 6.07) is 11.8. The summed E-state index contributed by atoms with van der Waals surface area (Å²) in [5, 5.41) is 34.5. The van der Waals surface area contributed by atoms with Crippen LogP contribution in [0.15, 0.2) is 53.4 Å².